The van der Waals surface area contributed by atoms with Crippen LogP contribution in [0.3, 0.4) is 0 Å². The van der Waals surface area contributed by atoms with Gasteiger partial charge in [0.1, 0.15) is 11.8 Å². The highest BCUT2D eigenvalue weighted by Gasteiger charge is 2.14. The van der Waals surface area contributed by atoms with E-state index in [1.165, 1.54) is 0 Å². The molecule has 0 aliphatic rings. The van der Waals surface area contributed by atoms with Gasteiger partial charge >= 0.3 is 0 Å². The van der Waals surface area contributed by atoms with Gasteiger partial charge in [0.2, 0.25) is 0 Å². The molecule has 0 spiro atoms. The smallest absolute Gasteiger partial charge is 0.162 e. The first-order valence-corrected chi connectivity index (χ1v) is 7.07. The van der Waals surface area contributed by atoms with Crippen molar-refractivity contribution in [1.82, 2.24) is 19.7 Å². The maximum atomic E-state index is 5.62. The van der Waals surface area contributed by atoms with Gasteiger partial charge in [0.05, 0.1) is 11.2 Å². The van der Waals surface area contributed by atoms with E-state index in [4.69, 9.17) is 4.42 Å². The van der Waals surface area contributed by atoms with Gasteiger partial charge < -0.3 is 9.52 Å². The zero-order valence-electron chi connectivity index (χ0n) is 11.9. The second kappa shape index (κ2) is 3.98. The monoisotopic (exact) mass is 288 g/mol. The molecule has 5 aromatic rings. The van der Waals surface area contributed by atoms with Gasteiger partial charge in [-0.15, -0.1) is 0 Å². The quantitative estimate of drug-likeness (QED) is 0.509. The number of fused-ring (bicyclic) bond motifs is 4. The van der Waals surface area contributed by atoms with Gasteiger partial charge in [-0.3, -0.25) is 4.68 Å². The zero-order chi connectivity index (χ0) is 14.7. The van der Waals surface area contributed by atoms with E-state index in [0.717, 1.165) is 44.2 Å². The Bertz CT molecular complexity index is 1150. The molecule has 0 saturated heterocycles. The van der Waals surface area contributed by atoms with E-state index in [0.29, 0.717) is 0 Å². The Morgan fingerprint density at radius 3 is 3.05 bits per heavy atom. The molecule has 4 heterocycles. The van der Waals surface area contributed by atoms with Crippen LogP contribution in [0.4, 0.5) is 0 Å². The van der Waals surface area contributed by atoms with E-state index in [1.807, 2.05) is 48.4 Å². The number of hydrogen-bond donors (Lipinski definition) is 1. The third-order valence-electron chi connectivity index (χ3n) is 4.11. The van der Waals surface area contributed by atoms with Crippen LogP contribution in [0.5, 0.6) is 0 Å². The number of para-hydroxylation sites is 1. The van der Waals surface area contributed by atoms with Crippen molar-refractivity contribution in [2.45, 2.75) is 0 Å². The average molecular weight is 288 g/mol. The third kappa shape index (κ3) is 1.42. The standard InChI is InChI=1S/C17H12N4O/c1-21-16-10(8-19-21)7-18-17-12(16)6-14(20-17)13-9-22-15-5-3-2-4-11(13)15/h2-9,19H,1H3. The molecule has 0 radical (unpaired) electrons. The van der Waals surface area contributed by atoms with Crippen LogP contribution in [0.2, 0.25) is 0 Å². The van der Waals surface area contributed by atoms with Crippen molar-refractivity contribution in [2.24, 2.45) is 7.05 Å². The Morgan fingerprint density at radius 1 is 1.18 bits per heavy atom. The number of aromatic amines is 1. The van der Waals surface area contributed by atoms with Crippen LogP contribution < -0.4 is 0 Å². The molecule has 0 atom stereocenters. The summed E-state index contributed by atoms with van der Waals surface area (Å²) in [6.07, 6.45) is 5.56. The number of aryl methyl sites for hydroxylation is 1. The minimum Gasteiger partial charge on any atom is -0.464 e. The van der Waals surface area contributed by atoms with Gasteiger partial charge in [-0.05, 0) is 12.1 Å². The van der Waals surface area contributed by atoms with E-state index >= 15 is 0 Å². The second-order valence-electron chi connectivity index (χ2n) is 5.42. The lowest BCUT2D eigenvalue weighted by molar-refractivity contribution is 0.617. The van der Waals surface area contributed by atoms with Crippen molar-refractivity contribution in [3.8, 4) is 11.3 Å². The number of nitrogens with one attached hydrogen (secondary N) is 1. The fraction of sp³-hybridized carbons (Fsp3) is 0.0588. The van der Waals surface area contributed by atoms with Crippen molar-refractivity contribution in [1.29, 1.82) is 0 Å². The van der Waals surface area contributed by atoms with Crippen LogP contribution in [0, 0.1) is 0 Å². The molecule has 0 unspecified atom stereocenters. The number of hydrogen-bond acceptors (Lipinski definition) is 3. The van der Waals surface area contributed by atoms with E-state index in [1.54, 1.807) is 6.26 Å². The lowest BCUT2D eigenvalue weighted by Gasteiger charge is -1.95. The number of pyridine rings is 1. The number of benzene rings is 1. The fourth-order valence-electron chi connectivity index (χ4n) is 3.05. The molecule has 1 aromatic carbocycles. The van der Waals surface area contributed by atoms with E-state index in [9.17, 15) is 0 Å². The lowest BCUT2D eigenvalue weighted by atomic mass is 10.1. The Kier molecular flexibility index (Phi) is 2.09. The number of aromatic nitrogens is 4. The molecule has 0 saturated carbocycles. The SMILES string of the molecule is Cn1[nH]cc2cnc3nc(-c4coc5ccccc45)cc3c21. The number of H-pyrrole nitrogens is 1. The summed E-state index contributed by atoms with van der Waals surface area (Å²) >= 11 is 0. The summed E-state index contributed by atoms with van der Waals surface area (Å²) in [5.41, 5.74) is 4.62. The van der Waals surface area contributed by atoms with Gasteiger partial charge in [-0.1, -0.05) is 18.2 Å². The Morgan fingerprint density at radius 2 is 2.09 bits per heavy atom. The first-order valence-electron chi connectivity index (χ1n) is 7.07. The summed E-state index contributed by atoms with van der Waals surface area (Å²) in [5.74, 6) is 0. The minimum absolute atomic E-state index is 0.753. The summed E-state index contributed by atoms with van der Waals surface area (Å²) in [7, 11) is 1.99. The van der Waals surface area contributed by atoms with Crippen molar-refractivity contribution in [3.63, 3.8) is 0 Å². The largest absolute Gasteiger partial charge is 0.464 e. The molecule has 1 N–H and O–H groups in total. The summed E-state index contributed by atoms with van der Waals surface area (Å²) in [6, 6.07) is 10.1. The summed E-state index contributed by atoms with van der Waals surface area (Å²) < 4.78 is 7.61. The van der Waals surface area contributed by atoms with Gasteiger partial charge in [-0.25, -0.2) is 9.97 Å². The van der Waals surface area contributed by atoms with Crippen LogP contribution in [-0.4, -0.2) is 19.7 Å². The summed E-state index contributed by atoms with van der Waals surface area (Å²) in [5, 5.41) is 6.36. The van der Waals surface area contributed by atoms with Crippen molar-refractivity contribution in [3.05, 3.63) is 49.0 Å². The fourth-order valence-corrected chi connectivity index (χ4v) is 3.05. The van der Waals surface area contributed by atoms with Gasteiger partial charge in [0.25, 0.3) is 0 Å². The predicted octanol–water partition coefficient (Wildman–Crippen LogP) is 3.86. The van der Waals surface area contributed by atoms with Crippen LogP contribution in [-0.2, 0) is 7.05 Å². The van der Waals surface area contributed by atoms with E-state index < -0.39 is 0 Å². The highest BCUT2D eigenvalue weighted by atomic mass is 16.3. The zero-order valence-corrected chi connectivity index (χ0v) is 11.9. The van der Waals surface area contributed by atoms with Crippen LogP contribution in [0.1, 0.15) is 0 Å². The normalized spacial score (nSPS) is 11.9. The maximum Gasteiger partial charge on any atom is 0.162 e. The maximum absolute atomic E-state index is 5.62. The first-order chi connectivity index (χ1) is 10.8. The molecule has 5 heteroatoms. The average Bonchev–Trinajstić information content (AvgIpc) is 3.22. The van der Waals surface area contributed by atoms with Crippen molar-refractivity contribution >= 4 is 32.9 Å². The molecule has 0 aliphatic carbocycles. The first kappa shape index (κ1) is 11.6. The molecular weight excluding hydrogens is 276 g/mol. The van der Waals surface area contributed by atoms with E-state index in [-0.39, 0.29) is 0 Å². The minimum atomic E-state index is 0.753. The van der Waals surface area contributed by atoms with Crippen LogP contribution >= 0.6 is 0 Å². The molecule has 5 nitrogen and oxygen atoms in total. The highest BCUT2D eigenvalue weighted by molar-refractivity contribution is 6.05. The molecular formula is C17H12N4O. The van der Waals surface area contributed by atoms with Gasteiger partial charge in [-0.2, -0.15) is 0 Å². The number of rotatable bonds is 1. The van der Waals surface area contributed by atoms with Gasteiger partial charge in [0, 0.05) is 41.2 Å². The molecule has 106 valence electrons. The molecule has 0 amide bonds. The molecule has 22 heavy (non-hydrogen) atoms. The summed E-state index contributed by atoms with van der Waals surface area (Å²) in [6.45, 7) is 0. The van der Waals surface area contributed by atoms with Crippen molar-refractivity contribution < 1.29 is 4.42 Å². The molecule has 5 rings (SSSR count). The Hall–Kier alpha value is -3.08. The van der Waals surface area contributed by atoms with Crippen molar-refractivity contribution in [2.75, 3.05) is 0 Å². The Balaban J connectivity index is 1.85. The topological polar surface area (TPSA) is 59.6 Å². The molecule has 4 aromatic heterocycles. The molecule has 0 bridgehead atoms. The lowest BCUT2D eigenvalue weighted by Crippen LogP contribution is -1.89. The predicted molar refractivity (Wildman–Crippen MR) is 85.6 cm³/mol. The van der Waals surface area contributed by atoms with E-state index in [2.05, 4.69) is 21.1 Å². The third-order valence-corrected chi connectivity index (χ3v) is 4.11. The second-order valence-corrected chi connectivity index (χ2v) is 5.42. The molecule has 0 fully saturated rings. The molecule has 0 aliphatic heterocycles. The number of nitrogens with zero attached hydrogens (tertiary/aromatic N) is 3. The van der Waals surface area contributed by atoms with Crippen LogP contribution in [0.25, 0.3) is 44.2 Å². The summed E-state index contributed by atoms with van der Waals surface area (Å²) in [4.78, 5) is 9.14. The number of furan rings is 1. The van der Waals surface area contributed by atoms with Gasteiger partial charge in [0.15, 0.2) is 5.65 Å². The Labute approximate surface area is 125 Å². The van der Waals surface area contributed by atoms with Crippen LogP contribution in [0.15, 0.2) is 53.4 Å². The highest BCUT2D eigenvalue weighted by Crippen LogP contribution is 2.33.